The minimum atomic E-state index is -1.03. The van der Waals surface area contributed by atoms with Crippen LogP contribution in [-0.2, 0) is 4.79 Å². The zero-order chi connectivity index (χ0) is 16.4. The van der Waals surface area contributed by atoms with Gasteiger partial charge in [0.2, 0.25) is 5.10 Å². The standard InChI is InChI=1S/C13H11N5O5/c19-12(20)4-5-14-13-16-18(22)10-7-8(11-3-6-15-23-11)1-2-9(10)17(13)21/h1-3,6-7H,4-5H2,(H,14,16)(H,19,20). The predicted molar refractivity (Wildman–Crippen MR) is 75.9 cm³/mol. The summed E-state index contributed by atoms with van der Waals surface area (Å²) in [6.45, 7) is -0.0216. The van der Waals surface area contributed by atoms with Gasteiger partial charge < -0.3 is 20.0 Å². The van der Waals surface area contributed by atoms with E-state index in [1.54, 1.807) is 12.1 Å². The van der Waals surface area contributed by atoms with Gasteiger partial charge in [-0.05, 0) is 12.1 Å². The van der Waals surface area contributed by atoms with Crippen LogP contribution < -0.4 is 14.9 Å². The normalized spacial score (nSPS) is 10.8. The molecule has 0 atom stereocenters. The molecule has 10 nitrogen and oxygen atoms in total. The number of aromatic nitrogens is 4. The zero-order valence-corrected chi connectivity index (χ0v) is 11.7. The van der Waals surface area contributed by atoms with E-state index >= 15 is 0 Å². The first kappa shape index (κ1) is 14.5. The van der Waals surface area contributed by atoms with E-state index < -0.39 is 5.97 Å². The molecule has 3 rings (SSSR count). The molecule has 0 saturated carbocycles. The molecular formula is C13H11N5O5. The molecule has 0 amide bonds. The summed E-state index contributed by atoms with van der Waals surface area (Å²) in [6, 6.07) is 6.15. The molecule has 0 radical (unpaired) electrons. The minimum absolute atomic E-state index is 0.0216. The van der Waals surface area contributed by atoms with Gasteiger partial charge in [-0.2, -0.15) is 0 Å². The number of hydrogen-bond acceptors (Lipinski definition) is 7. The second kappa shape index (κ2) is 5.75. The highest BCUT2D eigenvalue weighted by Gasteiger charge is 2.21. The minimum Gasteiger partial charge on any atom is -0.739 e. The summed E-state index contributed by atoms with van der Waals surface area (Å²) in [6.07, 6.45) is 1.26. The van der Waals surface area contributed by atoms with Crippen molar-refractivity contribution in [2.45, 2.75) is 6.42 Å². The summed E-state index contributed by atoms with van der Waals surface area (Å²) >= 11 is 0. The number of nitrogens with zero attached hydrogens (tertiary/aromatic N) is 4. The maximum Gasteiger partial charge on any atom is 0.460 e. The summed E-state index contributed by atoms with van der Waals surface area (Å²) in [5, 5.41) is 42.5. The maximum absolute atomic E-state index is 12.2. The van der Waals surface area contributed by atoms with Crippen molar-refractivity contribution >= 4 is 23.0 Å². The lowest BCUT2D eigenvalue weighted by Crippen LogP contribution is -2.44. The Labute approximate surface area is 128 Å². The second-order valence-corrected chi connectivity index (χ2v) is 4.64. The molecule has 0 aliphatic carbocycles. The van der Waals surface area contributed by atoms with Gasteiger partial charge >= 0.3 is 11.9 Å². The topological polar surface area (TPSA) is 142 Å². The van der Waals surface area contributed by atoms with E-state index in [0.29, 0.717) is 20.9 Å². The van der Waals surface area contributed by atoms with Crippen LogP contribution in [0, 0.1) is 10.4 Å². The molecule has 10 heteroatoms. The van der Waals surface area contributed by atoms with Gasteiger partial charge in [-0.25, -0.2) is 4.73 Å². The maximum atomic E-state index is 12.2. The number of hydrogen-bond donors (Lipinski definition) is 2. The molecule has 1 aromatic carbocycles. The molecule has 0 unspecified atom stereocenters. The Morgan fingerprint density at radius 1 is 1.30 bits per heavy atom. The van der Waals surface area contributed by atoms with Crippen LogP contribution in [0.3, 0.4) is 0 Å². The lowest BCUT2D eigenvalue weighted by atomic mass is 10.1. The van der Waals surface area contributed by atoms with E-state index in [-0.39, 0.29) is 29.9 Å². The fraction of sp³-hybridized carbons (Fsp3) is 0.154. The summed E-state index contributed by atoms with van der Waals surface area (Å²) in [7, 11) is 0. The Balaban J connectivity index is 1.99. The van der Waals surface area contributed by atoms with Crippen LogP contribution in [0.25, 0.3) is 22.4 Å². The van der Waals surface area contributed by atoms with Gasteiger partial charge in [-0.15, -0.1) is 0 Å². The monoisotopic (exact) mass is 317 g/mol. The van der Waals surface area contributed by atoms with Crippen molar-refractivity contribution in [3.8, 4) is 11.3 Å². The molecule has 0 saturated heterocycles. The molecule has 0 aliphatic rings. The number of carboxylic acids is 1. The Hall–Kier alpha value is -3.43. The van der Waals surface area contributed by atoms with Crippen LogP contribution in [-0.4, -0.2) is 27.9 Å². The molecule has 0 fully saturated rings. The first-order valence-electron chi connectivity index (χ1n) is 6.60. The Kier molecular flexibility index (Phi) is 3.63. The van der Waals surface area contributed by atoms with Crippen LogP contribution in [0.15, 0.2) is 35.0 Å². The Morgan fingerprint density at radius 3 is 2.83 bits per heavy atom. The largest absolute Gasteiger partial charge is 0.739 e. The number of anilines is 1. The quantitative estimate of drug-likeness (QED) is 0.496. The van der Waals surface area contributed by atoms with E-state index in [4.69, 9.17) is 9.63 Å². The molecule has 2 heterocycles. The van der Waals surface area contributed by atoms with Gasteiger partial charge in [-0.3, -0.25) is 10.1 Å². The highest BCUT2D eigenvalue weighted by Crippen LogP contribution is 2.21. The molecule has 0 bridgehead atoms. The number of carboxylic acid groups (broad SMARTS) is 1. The van der Waals surface area contributed by atoms with Gasteiger partial charge in [0.05, 0.1) is 19.2 Å². The van der Waals surface area contributed by atoms with Crippen molar-refractivity contribution in [3.63, 3.8) is 0 Å². The lowest BCUT2D eigenvalue weighted by molar-refractivity contribution is -0.672. The van der Waals surface area contributed by atoms with Crippen LogP contribution >= 0.6 is 0 Å². The van der Waals surface area contributed by atoms with E-state index in [2.05, 4.69) is 15.6 Å². The highest BCUT2D eigenvalue weighted by atomic mass is 16.5. The third-order valence-corrected chi connectivity index (χ3v) is 3.12. The molecule has 23 heavy (non-hydrogen) atoms. The SMILES string of the molecule is O=C(O)CCNc1n[n+]([O-])c2cc(-c3ccno3)ccc2[n+]1[O-]. The van der Waals surface area contributed by atoms with E-state index in [9.17, 15) is 15.2 Å². The average Bonchev–Trinajstić information content (AvgIpc) is 3.05. The van der Waals surface area contributed by atoms with Crippen molar-refractivity contribution in [1.82, 2.24) is 10.3 Å². The summed E-state index contributed by atoms with van der Waals surface area (Å²) < 4.78 is 5.44. The Morgan fingerprint density at radius 2 is 2.13 bits per heavy atom. The molecule has 0 spiro atoms. The lowest BCUT2D eigenvalue weighted by Gasteiger charge is -2.10. The van der Waals surface area contributed by atoms with Gasteiger partial charge in [0.25, 0.3) is 5.52 Å². The van der Waals surface area contributed by atoms with Crippen LogP contribution in [0.4, 0.5) is 5.95 Å². The fourth-order valence-electron chi connectivity index (χ4n) is 2.05. The first-order chi connectivity index (χ1) is 11.1. The number of benzene rings is 1. The fourth-order valence-corrected chi connectivity index (χ4v) is 2.05. The van der Waals surface area contributed by atoms with Crippen molar-refractivity contribution < 1.29 is 24.0 Å². The first-order valence-corrected chi connectivity index (χ1v) is 6.60. The van der Waals surface area contributed by atoms with Gasteiger partial charge in [-0.1, -0.05) is 5.16 Å². The van der Waals surface area contributed by atoms with Gasteiger partial charge in [0.1, 0.15) is 0 Å². The van der Waals surface area contributed by atoms with Crippen LogP contribution in [0.1, 0.15) is 6.42 Å². The molecule has 2 aromatic heterocycles. The third kappa shape index (κ3) is 2.81. The molecule has 2 N–H and O–H groups in total. The zero-order valence-electron chi connectivity index (χ0n) is 11.7. The molecular weight excluding hydrogens is 306 g/mol. The van der Waals surface area contributed by atoms with Crippen molar-refractivity contribution in [1.29, 1.82) is 0 Å². The van der Waals surface area contributed by atoms with E-state index in [1.165, 1.54) is 18.3 Å². The van der Waals surface area contributed by atoms with Gasteiger partial charge in [0, 0.05) is 22.5 Å². The van der Waals surface area contributed by atoms with Gasteiger partial charge in [0.15, 0.2) is 11.3 Å². The number of aliphatic carboxylic acids is 1. The summed E-state index contributed by atoms with van der Waals surface area (Å²) in [5.74, 6) is -0.836. The summed E-state index contributed by atoms with van der Waals surface area (Å²) in [5.41, 5.74) is 0.724. The van der Waals surface area contributed by atoms with E-state index in [1.807, 2.05) is 0 Å². The van der Waals surface area contributed by atoms with Crippen molar-refractivity contribution in [2.75, 3.05) is 11.9 Å². The number of rotatable bonds is 5. The smallest absolute Gasteiger partial charge is 0.460 e. The summed E-state index contributed by atoms with van der Waals surface area (Å²) in [4.78, 5) is 10.8. The third-order valence-electron chi connectivity index (χ3n) is 3.12. The number of carbonyl (C=O) groups is 1. The highest BCUT2D eigenvalue weighted by molar-refractivity contribution is 5.75. The van der Waals surface area contributed by atoms with Crippen molar-refractivity contribution in [3.05, 3.63) is 40.9 Å². The second-order valence-electron chi connectivity index (χ2n) is 4.64. The number of nitrogens with one attached hydrogen (secondary N) is 1. The Bertz CT molecular complexity index is 865. The van der Waals surface area contributed by atoms with Crippen molar-refractivity contribution in [2.24, 2.45) is 0 Å². The number of fused-ring (bicyclic) bond motifs is 1. The predicted octanol–water partition coefficient (Wildman–Crippen LogP) is 0.0432. The molecule has 3 aromatic rings. The van der Waals surface area contributed by atoms with E-state index in [0.717, 1.165) is 0 Å². The average molecular weight is 317 g/mol. The van der Waals surface area contributed by atoms with Crippen LogP contribution in [0.5, 0.6) is 0 Å². The molecule has 0 aliphatic heterocycles. The van der Waals surface area contributed by atoms with Crippen LogP contribution in [0.2, 0.25) is 0 Å². The molecule has 118 valence electrons.